The molecule has 0 saturated carbocycles. The summed E-state index contributed by atoms with van der Waals surface area (Å²) in [4.78, 5) is 24.5. The fraction of sp³-hybridized carbons (Fsp3) is 0.360. The van der Waals surface area contributed by atoms with Gasteiger partial charge in [-0.25, -0.2) is 4.98 Å². The number of hydrogen-bond donors (Lipinski definition) is 2. The molecule has 0 spiro atoms. The highest BCUT2D eigenvalue weighted by atomic mass is 35.5. The lowest BCUT2D eigenvalue weighted by molar-refractivity contribution is -0.384. The Hall–Kier alpha value is -3.40. The van der Waals surface area contributed by atoms with Gasteiger partial charge in [0.25, 0.3) is 5.69 Å². The highest BCUT2D eigenvalue weighted by Crippen LogP contribution is 2.41. The molecule has 13 heteroatoms. The van der Waals surface area contributed by atoms with Crippen molar-refractivity contribution in [2.45, 2.75) is 12.5 Å². The average Bonchev–Trinajstić information content (AvgIpc) is 3.36. The van der Waals surface area contributed by atoms with Crippen LogP contribution in [0.3, 0.4) is 0 Å². The highest BCUT2D eigenvalue weighted by Gasteiger charge is 2.30. The maximum absolute atomic E-state index is 12.8. The van der Waals surface area contributed by atoms with Crippen LogP contribution in [0.25, 0.3) is 0 Å². The van der Waals surface area contributed by atoms with Gasteiger partial charge in [0.05, 0.1) is 29.6 Å². The maximum atomic E-state index is 12.8. The predicted molar refractivity (Wildman–Crippen MR) is 153 cm³/mol. The molecule has 0 radical (unpaired) electrons. The Morgan fingerprint density at radius 3 is 2.58 bits per heavy atom. The second-order valence-electron chi connectivity index (χ2n) is 9.66. The molecule has 0 aliphatic carbocycles. The quantitative estimate of drug-likeness (QED) is 0.212. The Morgan fingerprint density at radius 1 is 1.21 bits per heavy atom. The van der Waals surface area contributed by atoms with Crippen LogP contribution in [0.4, 0.5) is 34.5 Å². The number of hydrogen-bond acceptors (Lipinski definition) is 10. The first-order chi connectivity index (χ1) is 18.0. The Bertz CT molecular complexity index is 1400. The average molecular weight is 560 g/mol. The molecular formula is C25H31ClN7O4P. The third kappa shape index (κ3) is 6.01. The van der Waals surface area contributed by atoms with Crippen LogP contribution < -0.4 is 25.6 Å². The molecule has 1 saturated heterocycles. The van der Waals surface area contributed by atoms with Gasteiger partial charge in [0.2, 0.25) is 5.95 Å². The minimum Gasteiger partial charge on any atom is -0.494 e. The molecule has 1 aliphatic rings. The van der Waals surface area contributed by atoms with E-state index in [2.05, 4.69) is 25.5 Å². The summed E-state index contributed by atoms with van der Waals surface area (Å²) in [5.41, 5.74) is 1.41. The molecule has 0 amide bonds. The van der Waals surface area contributed by atoms with Crippen molar-refractivity contribution in [2.75, 3.05) is 63.2 Å². The molecule has 11 nitrogen and oxygen atoms in total. The van der Waals surface area contributed by atoms with Crippen molar-refractivity contribution in [1.29, 1.82) is 0 Å². The normalized spacial score (nSPS) is 15.6. The molecule has 3 aromatic rings. The maximum Gasteiger partial charge on any atom is 0.294 e. The molecule has 1 aromatic heterocycles. The number of nitro benzene ring substituents is 1. The van der Waals surface area contributed by atoms with E-state index in [9.17, 15) is 14.7 Å². The fourth-order valence-corrected chi connectivity index (χ4v) is 5.71. The van der Waals surface area contributed by atoms with Gasteiger partial charge in [-0.3, -0.25) is 10.1 Å². The zero-order valence-electron chi connectivity index (χ0n) is 21.9. The van der Waals surface area contributed by atoms with Crippen LogP contribution in [0.5, 0.6) is 5.75 Å². The second-order valence-corrected chi connectivity index (χ2v) is 13.2. The molecular weight excluding hydrogens is 529 g/mol. The van der Waals surface area contributed by atoms with Crippen LogP contribution in [0.2, 0.25) is 5.02 Å². The Labute approximate surface area is 226 Å². The monoisotopic (exact) mass is 559 g/mol. The summed E-state index contributed by atoms with van der Waals surface area (Å²) in [5.74, 6) is 0.858. The third-order valence-electron chi connectivity index (χ3n) is 6.46. The van der Waals surface area contributed by atoms with Crippen molar-refractivity contribution in [2.24, 2.45) is 0 Å². The Balaban J connectivity index is 1.66. The number of nitrogens with zero attached hydrogens (tertiary/aromatic N) is 5. The lowest BCUT2D eigenvalue weighted by Crippen LogP contribution is -2.31. The van der Waals surface area contributed by atoms with Crippen molar-refractivity contribution in [3.8, 4) is 5.75 Å². The summed E-state index contributed by atoms with van der Waals surface area (Å²) in [6, 6.07) is 10.6. The number of ether oxygens (including phenoxy) is 1. The number of anilines is 5. The summed E-state index contributed by atoms with van der Waals surface area (Å²) >= 11 is 6.36. The van der Waals surface area contributed by atoms with Gasteiger partial charge in [-0.15, -0.1) is 0 Å². The van der Waals surface area contributed by atoms with Crippen LogP contribution in [-0.2, 0) is 4.57 Å². The Morgan fingerprint density at radius 2 is 1.95 bits per heavy atom. The van der Waals surface area contributed by atoms with Crippen molar-refractivity contribution in [1.82, 2.24) is 14.9 Å². The van der Waals surface area contributed by atoms with Crippen LogP contribution >= 0.6 is 18.7 Å². The van der Waals surface area contributed by atoms with E-state index in [1.807, 2.05) is 31.1 Å². The molecule has 0 bridgehead atoms. The minimum absolute atomic E-state index is 0.0458. The van der Waals surface area contributed by atoms with Crippen LogP contribution in [0.15, 0.2) is 42.6 Å². The fourth-order valence-electron chi connectivity index (χ4n) is 4.42. The third-order valence-corrected chi connectivity index (χ3v) is 8.28. The predicted octanol–water partition coefficient (Wildman–Crippen LogP) is 4.92. The molecule has 1 unspecified atom stereocenters. The molecule has 1 atom stereocenters. The Kier molecular flexibility index (Phi) is 8.10. The molecule has 1 aliphatic heterocycles. The summed E-state index contributed by atoms with van der Waals surface area (Å²) < 4.78 is 18.3. The van der Waals surface area contributed by atoms with E-state index in [1.54, 1.807) is 31.5 Å². The van der Waals surface area contributed by atoms with Gasteiger partial charge in [-0.1, -0.05) is 23.7 Å². The minimum atomic E-state index is -2.58. The standard InChI is InChI=1S/C25H31ClN7O4P/c1-31(2)16-10-11-32(15-16)20-13-22(37-3)19(12-21(20)33(34)35)29-25-27-14-17(26)24(30-25)28-18-8-6-7-9-23(18)38(4,5)36/h6-9,12-14,16H,10-11,15H2,1-5H3,(H2,27,28,29,30). The summed E-state index contributed by atoms with van der Waals surface area (Å²) in [6.45, 7) is 4.77. The summed E-state index contributed by atoms with van der Waals surface area (Å²) in [6.07, 6.45) is 2.33. The van der Waals surface area contributed by atoms with Crippen LogP contribution in [-0.4, -0.2) is 73.5 Å². The SMILES string of the molecule is COc1cc(N2CCC(N(C)C)C2)c([N+](=O)[O-])cc1Nc1ncc(Cl)c(Nc2ccccc2P(C)(C)=O)n1. The van der Waals surface area contributed by atoms with Crippen LogP contribution in [0.1, 0.15) is 6.42 Å². The molecule has 2 heterocycles. The van der Waals surface area contributed by atoms with E-state index in [4.69, 9.17) is 16.3 Å². The largest absolute Gasteiger partial charge is 0.494 e. The molecule has 2 N–H and O–H groups in total. The number of halogens is 1. The zero-order chi connectivity index (χ0) is 27.6. The van der Waals surface area contributed by atoms with Crippen molar-refractivity contribution >= 4 is 58.6 Å². The van der Waals surface area contributed by atoms with E-state index in [0.717, 1.165) is 6.42 Å². The van der Waals surface area contributed by atoms with Gasteiger partial charge in [0.15, 0.2) is 5.82 Å². The van der Waals surface area contributed by atoms with E-state index < -0.39 is 12.1 Å². The van der Waals surface area contributed by atoms with Crippen molar-refractivity contribution in [3.63, 3.8) is 0 Å². The van der Waals surface area contributed by atoms with E-state index in [0.29, 0.717) is 53.1 Å². The lowest BCUT2D eigenvalue weighted by atomic mass is 10.2. The van der Waals surface area contributed by atoms with Crippen LogP contribution in [0, 0.1) is 10.1 Å². The first-order valence-corrected chi connectivity index (χ1v) is 14.9. The number of para-hydroxylation sites is 1. The van der Waals surface area contributed by atoms with E-state index in [-0.39, 0.29) is 16.7 Å². The second kappa shape index (κ2) is 11.1. The molecule has 2 aromatic carbocycles. The number of aromatic nitrogens is 2. The molecule has 38 heavy (non-hydrogen) atoms. The van der Waals surface area contributed by atoms with E-state index in [1.165, 1.54) is 19.4 Å². The first kappa shape index (κ1) is 27.6. The lowest BCUT2D eigenvalue weighted by Gasteiger charge is -2.23. The molecule has 202 valence electrons. The number of likely N-dealkylation sites (N-methyl/N-ethyl adjacent to an activating group) is 1. The summed E-state index contributed by atoms with van der Waals surface area (Å²) in [5, 5.41) is 19.1. The van der Waals surface area contributed by atoms with Gasteiger partial charge in [-0.2, -0.15) is 4.98 Å². The number of benzene rings is 2. The van der Waals surface area contributed by atoms with Gasteiger partial charge in [0.1, 0.15) is 23.6 Å². The number of nitrogens with one attached hydrogen (secondary N) is 2. The van der Waals surface area contributed by atoms with Gasteiger partial charge in [-0.05, 0) is 46.0 Å². The summed E-state index contributed by atoms with van der Waals surface area (Å²) in [7, 11) is 2.94. The van der Waals surface area contributed by atoms with Crippen molar-refractivity contribution < 1.29 is 14.2 Å². The van der Waals surface area contributed by atoms with E-state index >= 15 is 0 Å². The van der Waals surface area contributed by atoms with Gasteiger partial charge >= 0.3 is 0 Å². The topological polar surface area (TPSA) is 126 Å². The van der Waals surface area contributed by atoms with Gasteiger partial charge < -0.3 is 29.7 Å². The highest BCUT2D eigenvalue weighted by molar-refractivity contribution is 7.70. The molecule has 1 fully saturated rings. The molecule has 4 rings (SSSR count). The first-order valence-electron chi connectivity index (χ1n) is 12.0. The number of rotatable bonds is 9. The van der Waals surface area contributed by atoms with Gasteiger partial charge in [0, 0.05) is 36.6 Å². The smallest absolute Gasteiger partial charge is 0.294 e. The zero-order valence-corrected chi connectivity index (χ0v) is 23.6. The number of nitro groups is 1. The number of methoxy groups -OCH3 is 1. The van der Waals surface area contributed by atoms with Crippen molar-refractivity contribution in [3.05, 3.63) is 57.7 Å².